The molecule has 0 fully saturated rings. The molecule has 0 spiro atoms. The average molecular weight is 256 g/mol. The number of ether oxygens (including phenoxy) is 1. The number of rotatable bonds is 4. The van der Waals surface area contributed by atoms with Crippen LogP contribution in [-0.4, -0.2) is 34.2 Å². The van der Waals surface area contributed by atoms with Gasteiger partial charge in [0.05, 0.1) is 0 Å². The summed E-state index contributed by atoms with van der Waals surface area (Å²) in [7, 11) is 0. The lowest BCUT2D eigenvalue weighted by molar-refractivity contribution is -0.157. The molecular formula is C11H16N2O5. The van der Waals surface area contributed by atoms with Gasteiger partial charge in [0.1, 0.15) is 17.8 Å². The van der Waals surface area contributed by atoms with Crippen molar-refractivity contribution in [3.8, 4) is 0 Å². The smallest absolute Gasteiger partial charge is 0.357 e. The Morgan fingerprint density at radius 1 is 1.56 bits per heavy atom. The quantitative estimate of drug-likeness (QED) is 0.764. The number of hydrogen-bond donors (Lipinski definition) is 2. The zero-order chi connectivity index (χ0) is 13.9. The van der Waals surface area contributed by atoms with Gasteiger partial charge in [0.2, 0.25) is 5.89 Å². The fourth-order valence-corrected chi connectivity index (χ4v) is 1.22. The molecule has 1 aromatic rings. The van der Waals surface area contributed by atoms with Crippen LogP contribution in [0.5, 0.6) is 0 Å². The number of hydrogen-bond acceptors (Lipinski definition) is 6. The summed E-state index contributed by atoms with van der Waals surface area (Å²) < 4.78 is 10.1. The van der Waals surface area contributed by atoms with Crippen molar-refractivity contribution in [3.63, 3.8) is 0 Å². The molecule has 1 rings (SSSR count). The number of aromatic carboxylic acids is 1. The molecule has 1 heterocycles. The lowest BCUT2D eigenvalue weighted by Gasteiger charge is -2.21. The molecule has 0 aliphatic rings. The highest BCUT2D eigenvalue weighted by Gasteiger charge is 2.30. The van der Waals surface area contributed by atoms with Crippen molar-refractivity contribution in [1.82, 2.24) is 4.98 Å². The molecule has 0 radical (unpaired) electrons. The third-order valence-corrected chi connectivity index (χ3v) is 1.97. The van der Waals surface area contributed by atoms with Crippen LogP contribution in [0.1, 0.15) is 43.1 Å². The first kappa shape index (κ1) is 14.2. The summed E-state index contributed by atoms with van der Waals surface area (Å²) in [6.45, 7) is 5.08. The van der Waals surface area contributed by atoms with Gasteiger partial charge in [-0.2, -0.15) is 0 Å². The predicted octanol–water partition coefficient (Wildman–Crippen LogP) is 0.757. The van der Waals surface area contributed by atoms with Gasteiger partial charge in [-0.25, -0.2) is 9.78 Å². The van der Waals surface area contributed by atoms with Gasteiger partial charge in [0, 0.05) is 6.54 Å². The van der Waals surface area contributed by atoms with E-state index in [2.05, 4.69) is 4.98 Å². The number of oxazole rings is 1. The number of carbonyl (C=O) groups is 2. The Hall–Kier alpha value is -1.89. The molecule has 0 aliphatic carbocycles. The third kappa shape index (κ3) is 3.56. The second-order valence-corrected chi connectivity index (χ2v) is 4.70. The van der Waals surface area contributed by atoms with Gasteiger partial charge >= 0.3 is 11.9 Å². The molecule has 7 nitrogen and oxygen atoms in total. The predicted molar refractivity (Wildman–Crippen MR) is 61.1 cm³/mol. The molecule has 0 saturated carbocycles. The first-order chi connectivity index (χ1) is 8.24. The molecule has 1 atom stereocenters. The van der Waals surface area contributed by atoms with E-state index in [0.717, 1.165) is 6.26 Å². The molecule has 0 saturated heterocycles. The fourth-order valence-electron chi connectivity index (χ4n) is 1.22. The van der Waals surface area contributed by atoms with Gasteiger partial charge in [-0.3, -0.25) is 4.79 Å². The highest BCUT2D eigenvalue weighted by molar-refractivity contribution is 5.85. The lowest BCUT2D eigenvalue weighted by atomic mass is 10.1. The summed E-state index contributed by atoms with van der Waals surface area (Å²) in [4.78, 5) is 26.2. The summed E-state index contributed by atoms with van der Waals surface area (Å²) in [6.07, 6.45) is 0.963. The summed E-state index contributed by atoms with van der Waals surface area (Å²) in [5.41, 5.74) is 4.53. The van der Waals surface area contributed by atoms with Gasteiger partial charge in [0.15, 0.2) is 5.69 Å². The molecule has 0 amide bonds. The maximum absolute atomic E-state index is 11.8. The van der Waals surface area contributed by atoms with Crippen LogP contribution in [0.4, 0.5) is 0 Å². The molecule has 1 aromatic heterocycles. The van der Waals surface area contributed by atoms with Crippen LogP contribution < -0.4 is 5.73 Å². The fraction of sp³-hybridized carbons (Fsp3) is 0.545. The Labute approximate surface area is 104 Å². The Morgan fingerprint density at radius 3 is 2.56 bits per heavy atom. The maximum atomic E-state index is 11.8. The van der Waals surface area contributed by atoms with Crippen LogP contribution in [0.25, 0.3) is 0 Å². The minimum Gasteiger partial charge on any atom is -0.476 e. The number of carboxylic acids is 1. The van der Waals surface area contributed by atoms with E-state index >= 15 is 0 Å². The molecular weight excluding hydrogens is 240 g/mol. The molecule has 100 valence electrons. The van der Waals surface area contributed by atoms with Crippen LogP contribution in [0.15, 0.2) is 10.7 Å². The van der Waals surface area contributed by atoms with Gasteiger partial charge < -0.3 is 20.0 Å². The Morgan fingerprint density at radius 2 is 2.17 bits per heavy atom. The Bertz CT molecular complexity index is 447. The van der Waals surface area contributed by atoms with E-state index in [1.54, 1.807) is 20.8 Å². The number of carbonyl (C=O) groups excluding carboxylic acids is 1. The molecule has 3 N–H and O–H groups in total. The van der Waals surface area contributed by atoms with Crippen LogP contribution >= 0.6 is 0 Å². The molecule has 7 heteroatoms. The second kappa shape index (κ2) is 5.18. The van der Waals surface area contributed by atoms with Gasteiger partial charge in [0.25, 0.3) is 0 Å². The number of aromatic nitrogens is 1. The maximum Gasteiger partial charge on any atom is 0.357 e. The average Bonchev–Trinajstić information content (AvgIpc) is 2.65. The highest BCUT2D eigenvalue weighted by atomic mass is 16.6. The van der Waals surface area contributed by atoms with Crippen LogP contribution in [0, 0.1) is 0 Å². The van der Waals surface area contributed by atoms with E-state index in [-0.39, 0.29) is 18.1 Å². The van der Waals surface area contributed by atoms with Crippen molar-refractivity contribution in [2.75, 3.05) is 6.54 Å². The highest BCUT2D eigenvalue weighted by Crippen LogP contribution is 2.19. The third-order valence-electron chi connectivity index (χ3n) is 1.97. The second-order valence-electron chi connectivity index (χ2n) is 4.70. The van der Waals surface area contributed by atoms with Crippen molar-refractivity contribution in [2.45, 2.75) is 32.3 Å². The van der Waals surface area contributed by atoms with Crippen LogP contribution in [0.2, 0.25) is 0 Å². The Balaban J connectivity index is 2.88. The van der Waals surface area contributed by atoms with E-state index in [9.17, 15) is 9.59 Å². The molecule has 0 aromatic carbocycles. The summed E-state index contributed by atoms with van der Waals surface area (Å²) in [6, 6.07) is 0. The lowest BCUT2D eigenvalue weighted by Crippen LogP contribution is -2.31. The minimum absolute atomic E-state index is 0.0517. The topological polar surface area (TPSA) is 116 Å². The van der Waals surface area contributed by atoms with E-state index in [1.165, 1.54) is 0 Å². The standard InChI is InChI=1S/C11H16N2O5/c1-11(2,3)18-10(16)6(4-12)8-13-7(5-17-8)9(14)15/h5-6H,4,12H2,1-3H3,(H,14,15)/t6-/m1/s1. The van der Waals surface area contributed by atoms with E-state index in [0.29, 0.717) is 0 Å². The Kier molecular flexibility index (Phi) is 4.07. The number of carboxylic acid groups (broad SMARTS) is 1. The van der Waals surface area contributed by atoms with Crippen LogP contribution in [-0.2, 0) is 9.53 Å². The van der Waals surface area contributed by atoms with Crippen molar-refractivity contribution < 1.29 is 23.8 Å². The summed E-state index contributed by atoms with van der Waals surface area (Å²) >= 11 is 0. The van der Waals surface area contributed by atoms with Crippen LogP contribution in [0.3, 0.4) is 0 Å². The minimum atomic E-state index is -1.23. The summed E-state index contributed by atoms with van der Waals surface area (Å²) in [5, 5.41) is 8.71. The number of nitrogens with zero attached hydrogens (tertiary/aromatic N) is 1. The largest absolute Gasteiger partial charge is 0.476 e. The zero-order valence-corrected chi connectivity index (χ0v) is 10.5. The zero-order valence-electron chi connectivity index (χ0n) is 10.5. The first-order valence-corrected chi connectivity index (χ1v) is 5.36. The number of esters is 1. The van der Waals surface area contributed by atoms with Crippen molar-refractivity contribution in [2.24, 2.45) is 5.73 Å². The van der Waals surface area contributed by atoms with Gasteiger partial charge in [-0.1, -0.05) is 0 Å². The molecule has 18 heavy (non-hydrogen) atoms. The van der Waals surface area contributed by atoms with Crippen molar-refractivity contribution in [1.29, 1.82) is 0 Å². The summed E-state index contributed by atoms with van der Waals surface area (Å²) in [5.74, 6) is -2.78. The molecule has 0 aliphatic heterocycles. The van der Waals surface area contributed by atoms with Gasteiger partial charge in [-0.05, 0) is 20.8 Å². The van der Waals surface area contributed by atoms with E-state index in [4.69, 9.17) is 20.0 Å². The van der Waals surface area contributed by atoms with Gasteiger partial charge in [-0.15, -0.1) is 0 Å². The normalized spacial score (nSPS) is 13.1. The number of nitrogens with two attached hydrogens (primary N) is 1. The first-order valence-electron chi connectivity index (χ1n) is 5.36. The van der Waals surface area contributed by atoms with E-state index in [1.807, 2.05) is 0 Å². The van der Waals surface area contributed by atoms with E-state index < -0.39 is 23.5 Å². The SMILES string of the molecule is CC(C)(C)OC(=O)[C@H](CN)c1nc(C(=O)O)co1. The molecule has 0 bridgehead atoms. The monoisotopic (exact) mass is 256 g/mol. The van der Waals surface area contributed by atoms with Crippen molar-refractivity contribution >= 4 is 11.9 Å². The van der Waals surface area contributed by atoms with Crippen molar-refractivity contribution in [3.05, 3.63) is 17.8 Å². The molecule has 0 unspecified atom stereocenters.